The molecule has 4 atom stereocenters. The molecular formula is C24H49NO4. The summed E-state index contributed by atoms with van der Waals surface area (Å²) in [4.78, 5) is 1.89. The Kier molecular flexibility index (Phi) is 16.2. The van der Waals surface area contributed by atoms with Crippen molar-refractivity contribution in [1.82, 2.24) is 4.90 Å². The van der Waals surface area contributed by atoms with E-state index in [0.29, 0.717) is 6.54 Å². The molecule has 0 aliphatic carbocycles. The lowest BCUT2D eigenvalue weighted by atomic mass is 10.0. The summed E-state index contributed by atoms with van der Waals surface area (Å²) in [5.74, 6) is 0. The molecule has 174 valence electrons. The Bertz CT molecular complexity index is 353. The fourth-order valence-corrected chi connectivity index (χ4v) is 4.69. The topological polar surface area (TPSA) is 84.2 Å². The van der Waals surface area contributed by atoms with Crippen LogP contribution in [0.3, 0.4) is 0 Å². The van der Waals surface area contributed by atoms with Crippen LogP contribution < -0.4 is 0 Å². The molecule has 0 bridgehead atoms. The van der Waals surface area contributed by atoms with Crippen molar-refractivity contribution >= 4 is 0 Å². The first-order chi connectivity index (χ1) is 14.2. The van der Waals surface area contributed by atoms with Crippen LogP contribution in [0.4, 0.5) is 0 Å². The highest BCUT2D eigenvalue weighted by Crippen LogP contribution is 2.25. The highest BCUT2D eigenvalue weighted by molar-refractivity contribution is 5.00. The van der Waals surface area contributed by atoms with E-state index >= 15 is 0 Å². The summed E-state index contributed by atoms with van der Waals surface area (Å²) in [5, 5.41) is 39.0. The van der Waals surface area contributed by atoms with Crippen molar-refractivity contribution in [2.24, 2.45) is 0 Å². The van der Waals surface area contributed by atoms with E-state index in [1.807, 2.05) is 4.90 Å². The van der Waals surface area contributed by atoms with E-state index in [4.69, 9.17) is 0 Å². The predicted molar refractivity (Wildman–Crippen MR) is 120 cm³/mol. The van der Waals surface area contributed by atoms with Gasteiger partial charge in [-0.05, 0) is 13.0 Å². The first kappa shape index (κ1) is 26.8. The normalized spacial score (nSPS) is 25.1. The number of hydrogen-bond donors (Lipinski definition) is 4. The zero-order chi connectivity index (χ0) is 21.3. The van der Waals surface area contributed by atoms with Crippen LogP contribution in [0.5, 0.6) is 0 Å². The Morgan fingerprint density at radius 3 is 1.14 bits per heavy atom. The smallest absolute Gasteiger partial charge is 0.0992 e. The van der Waals surface area contributed by atoms with E-state index in [0.717, 1.165) is 12.8 Å². The summed E-state index contributed by atoms with van der Waals surface area (Å²) < 4.78 is 0. The van der Waals surface area contributed by atoms with Gasteiger partial charge in [0.05, 0.1) is 37.5 Å². The predicted octanol–water partition coefficient (Wildman–Crippen LogP) is 4.01. The second kappa shape index (κ2) is 17.5. The average Bonchev–Trinajstić information content (AvgIpc) is 2.96. The molecule has 0 aromatic carbocycles. The minimum Gasteiger partial charge on any atom is -0.395 e. The number of rotatable bonds is 19. The van der Waals surface area contributed by atoms with E-state index in [-0.39, 0.29) is 13.2 Å². The second-order valence-corrected chi connectivity index (χ2v) is 9.02. The summed E-state index contributed by atoms with van der Waals surface area (Å²) >= 11 is 0. The molecule has 1 saturated heterocycles. The fraction of sp³-hybridized carbons (Fsp3) is 1.00. The lowest BCUT2D eigenvalue weighted by molar-refractivity contribution is 0.0130. The number of aliphatic hydroxyl groups is 4. The maximum atomic E-state index is 10.0. The monoisotopic (exact) mass is 415 g/mol. The van der Waals surface area contributed by atoms with Gasteiger partial charge in [-0.2, -0.15) is 0 Å². The van der Waals surface area contributed by atoms with Crippen molar-refractivity contribution in [2.75, 3.05) is 19.8 Å². The SMILES string of the molecule is CCCCCCCCCCCCCCCCCCN1[C@H](CO)[C@@H](O)[C@H](O)[C@H]1CO. The molecular weight excluding hydrogens is 366 g/mol. The van der Waals surface area contributed by atoms with E-state index < -0.39 is 24.3 Å². The molecule has 0 aromatic heterocycles. The third-order valence-electron chi connectivity index (χ3n) is 6.63. The molecule has 5 heteroatoms. The zero-order valence-electron chi connectivity index (χ0n) is 19.0. The van der Waals surface area contributed by atoms with Crippen LogP contribution in [-0.4, -0.2) is 69.4 Å². The van der Waals surface area contributed by atoms with Gasteiger partial charge in [0.15, 0.2) is 0 Å². The molecule has 29 heavy (non-hydrogen) atoms. The summed E-state index contributed by atoms with van der Waals surface area (Å²) in [6, 6.07) is -0.919. The molecule has 0 spiro atoms. The molecule has 4 N–H and O–H groups in total. The Balaban J connectivity index is 1.91. The minimum absolute atomic E-state index is 0.187. The minimum atomic E-state index is -0.974. The average molecular weight is 416 g/mol. The van der Waals surface area contributed by atoms with Crippen LogP contribution in [0.2, 0.25) is 0 Å². The van der Waals surface area contributed by atoms with Gasteiger partial charge in [-0.1, -0.05) is 103 Å². The Morgan fingerprint density at radius 1 is 0.517 bits per heavy atom. The van der Waals surface area contributed by atoms with Gasteiger partial charge in [0.25, 0.3) is 0 Å². The van der Waals surface area contributed by atoms with E-state index in [1.54, 1.807) is 0 Å². The van der Waals surface area contributed by atoms with Crippen molar-refractivity contribution in [2.45, 2.75) is 134 Å². The van der Waals surface area contributed by atoms with Crippen LogP contribution in [0.25, 0.3) is 0 Å². The lowest BCUT2D eigenvalue weighted by Crippen LogP contribution is -2.43. The molecule has 1 heterocycles. The molecule has 1 fully saturated rings. The number of aliphatic hydroxyl groups excluding tert-OH is 4. The molecule has 5 nitrogen and oxygen atoms in total. The second-order valence-electron chi connectivity index (χ2n) is 9.02. The molecule has 1 aliphatic heterocycles. The Labute approximate surface area is 179 Å². The largest absolute Gasteiger partial charge is 0.395 e. The standard InChI is InChI=1S/C24H49NO4/c1-2-3-4-5-6-7-8-9-10-11-12-13-14-15-16-17-18-25-21(19-26)23(28)24(29)22(25)20-27/h21-24,26-29H,2-20H2,1H3/t21-,22-,23-,24-/m1/s1. The zero-order valence-corrected chi connectivity index (χ0v) is 19.0. The van der Waals surface area contributed by atoms with Gasteiger partial charge in [0.1, 0.15) is 0 Å². The lowest BCUT2D eigenvalue weighted by Gasteiger charge is -2.28. The Morgan fingerprint density at radius 2 is 0.828 bits per heavy atom. The maximum absolute atomic E-state index is 10.0. The van der Waals surface area contributed by atoms with Crippen LogP contribution >= 0.6 is 0 Å². The summed E-state index contributed by atoms with van der Waals surface area (Å²) in [6.07, 6.45) is 19.3. The molecule has 1 rings (SSSR count). The molecule has 0 aromatic rings. The van der Waals surface area contributed by atoms with E-state index in [2.05, 4.69) is 6.92 Å². The van der Waals surface area contributed by atoms with Gasteiger partial charge in [-0.3, -0.25) is 4.90 Å². The Hall–Kier alpha value is -0.200. The van der Waals surface area contributed by atoms with Crippen molar-refractivity contribution in [3.8, 4) is 0 Å². The fourth-order valence-electron chi connectivity index (χ4n) is 4.69. The number of hydrogen-bond acceptors (Lipinski definition) is 5. The third-order valence-corrected chi connectivity index (χ3v) is 6.63. The van der Waals surface area contributed by atoms with Crippen molar-refractivity contribution in [3.63, 3.8) is 0 Å². The number of nitrogens with zero attached hydrogens (tertiary/aromatic N) is 1. The van der Waals surface area contributed by atoms with E-state index in [9.17, 15) is 20.4 Å². The van der Waals surface area contributed by atoms with Crippen molar-refractivity contribution in [1.29, 1.82) is 0 Å². The van der Waals surface area contributed by atoms with E-state index in [1.165, 1.54) is 89.9 Å². The summed E-state index contributed by atoms with van der Waals surface area (Å²) in [7, 11) is 0. The van der Waals surface area contributed by atoms with Gasteiger partial charge in [0, 0.05) is 0 Å². The van der Waals surface area contributed by atoms with Crippen LogP contribution in [0.15, 0.2) is 0 Å². The quantitative estimate of drug-likeness (QED) is 0.240. The highest BCUT2D eigenvalue weighted by Gasteiger charge is 2.46. The number of likely N-dealkylation sites (tertiary alicyclic amines) is 1. The summed E-state index contributed by atoms with van der Waals surface area (Å²) in [6.45, 7) is 2.61. The summed E-state index contributed by atoms with van der Waals surface area (Å²) in [5.41, 5.74) is 0. The molecule has 1 aliphatic rings. The molecule has 0 unspecified atom stereocenters. The van der Waals surface area contributed by atoms with Crippen molar-refractivity contribution < 1.29 is 20.4 Å². The van der Waals surface area contributed by atoms with Gasteiger partial charge < -0.3 is 20.4 Å². The maximum Gasteiger partial charge on any atom is 0.0992 e. The number of unbranched alkanes of at least 4 members (excludes halogenated alkanes) is 15. The van der Waals surface area contributed by atoms with Gasteiger partial charge in [-0.25, -0.2) is 0 Å². The van der Waals surface area contributed by atoms with Gasteiger partial charge in [0.2, 0.25) is 0 Å². The van der Waals surface area contributed by atoms with Crippen molar-refractivity contribution in [3.05, 3.63) is 0 Å². The molecule has 0 radical (unpaired) electrons. The van der Waals surface area contributed by atoms with Crippen LogP contribution in [0, 0.1) is 0 Å². The highest BCUT2D eigenvalue weighted by atomic mass is 16.3. The van der Waals surface area contributed by atoms with Gasteiger partial charge >= 0.3 is 0 Å². The van der Waals surface area contributed by atoms with Crippen LogP contribution in [0.1, 0.15) is 110 Å². The third kappa shape index (κ3) is 10.6. The first-order valence-corrected chi connectivity index (χ1v) is 12.5. The first-order valence-electron chi connectivity index (χ1n) is 12.5. The molecule has 0 saturated carbocycles. The molecule has 0 amide bonds. The van der Waals surface area contributed by atoms with Gasteiger partial charge in [-0.15, -0.1) is 0 Å². The van der Waals surface area contributed by atoms with Crippen LogP contribution in [-0.2, 0) is 0 Å².